The van der Waals surface area contributed by atoms with Crippen LogP contribution in [0.15, 0.2) is 30.4 Å². The minimum Gasteiger partial charge on any atom is -0.323 e. The third-order valence-electron chi connectivity index (χ3n) is 6.26. The lowest BCUT2D eigenvalue weighted by molar-refractivity contribution is -0.142. The molecule has 2 bridgehead atoms. The Morgan fingerprint density at radius 2 is 1.69 bits per heavy atom. The molecule has 1 aromatic rings. The number of likely N-dealkylation sites (tertiary alicyclic amines) is 1. The largest absolute Gasteiger partial charge is 0.323 e. The van der Waals surface area contributed by atoms with Crippen LogP contribution >= 0.6 is 23.2 Å². The molecule has 1 heterocycles. The topological polar surface area (TPSA) is 66.5 Å². The van der Waals surface area contributed by atoms with Crippen LogP contribution in [0.3, 0.4) is 0 Å². The fourth-order valence-corrected chi connectivity index (χ4v) is 5.44. The van der Waals surface area contributed by atoms with E-state index in [2.05, 4.69) is 17.5 Å². The van der Waals surface area contributed by atoms with Gasteiger partial charge in [-0.15, -0.1) is 0 Å². The van der Waals surface area contributed by atoms with Crippen LogP contribution in [0.5, 0.6) is 0 Å². The number of rotatable bonds is 3. The molecular weight excluding hydrogens is 375 g/mol. The number of hydrogen-bond acceptors (Lipinski definition) is 3. The number of benzene rings is 1. The summed E-state index contributed by atoms with van der Waals surface area (Å²) >= 11 is 12.0. The summed E-state index contributed by atoms with van der Waals surface area (Å²) in [6.45, 7) is -0.289. The number of hydrogen-bond donors (Lipinski definition) is 1. The van der Waals surface area contributed by atoms with Gasteiger partial charge < -0.3 is 5.32 Å². The van der Waals surface area contributed by atoms with Crippen LogP contribution in [0.4, 0.5) is 5.69 Å². The monoisotopic (exact) mass is 390 g/mol. The first-order chi connectivity index (χ1) is 12.5. The van der Waals surface area contributed by atoms with Crippen LogP contribution in [-0.4, -0.2) is 29.2 Å². The summed E-state index contributed by atoms with van der Waals surface area (Å²) in [5.74, 6) is -0.0606. The van der Waals surface area contributed by atoms with E-state index in [1.54, 1.807) is 12.1 Å². The van der Waals surface area contributed by atoms with E-state index in [0.717, 1.165) is 11.3 Å². The van der Waals surface area contributed by atoms with Crippen molar-refractivity contribution in [2.24, 2.45) is 35.5 Å². The molecule has 1 saturated heterocycles. The van der Waals surface area contributed by atoms with Gasteiger partial charge in [-0.3, -0.25) is 19.3 Å². The first-order valence-corrected chi connectivity index (χ1v) is 9.50. The predicted octanol–water partition coefficient (Wildman–Crippen LogP) is 2.99. The molecule has 0 aromatic heterocycles. The van der Waals surface area contributed by atoms with Gasteiger partial charge in [0.1, 0.15) is 6.54 Å². The lowest BCUT2D eigenvalue weighted by Gasteiger charge is -2.37. The molecule has 7 heteroatoms. The molecule has 1 N–H and O–H groups in total. The molecule has 1 aliphatic heterocycles. The molecule has 2 saturated carbocycles. The van der Waals surface area contributed by atoms with Crippen molar-refractivity contribution >= 4 is 46.6 Å². The molecule has 5 aliphatic rings. The third-order valence-corrected chi connectivity index (χ3v) is 6.82. The molecule has 5 nitrogen and oxygen atoms in total. The van der Waals surface area contributed by atoms with Crippen molar-refractivity contribution in [1.29, 1.82) is 0 Å². The second-order valence-electron chi connectivity index (χ2n) is 7.59. The van der Waals surface area contributed by atoms with Gasteiger partial charge in [-0.05, 0) is 48.3 Å². The maximum Gasteiger partial charge on any atom is 0.244 e. The Labute approximate surface area is 160 Å². The summed E-state index contributed by atoms with van der Waals surface area (Å²) in [4.78, 5) is 39.2. The van der Waals surface area contributed by atoms with Crippen LogP contribution in [0.2, 0.25) is 10.0 Å². The molecule has 0 spiro atoms. The van der Waals surface area contributed by atoms with Gasteiger partial charge in [0, 0.05) is 5.02 Å². The molecule has 134 valence electrons. The summed E-state index contributed by atoms with van der Waals surface area (Å²) < 4.78 is 0. The Morgan fingerprint density at radius 3 is 2.31 bits per heavy atom. The Bertz CT molecular complexity index is 848. The molecule has 6 atom stereocenters. The van der Waals surface area contributed by atoms with Crippen molar-refractivity contribution in [3.63, 3.8) is 0 Å². The summed E-state index contributed by atoms with van der Waals surface area (Å²) in [5.41, 5.74) is 0.364. The highest BCUT2D eigenvalue weighted by atomic mass is 35.5. The lowest BCUT2D eigenvalue weighted by Crippen LogP contribution is -2.40. The van der Waals surface area contributed by atoms with Crippen LogP contribution in [0.25, 0.3) is 0 Å². The van der Waals surface area contributed by atoms with Gasteiger partial charge in [0.2, 0.25) is 17.7 Å². The van der Waals surface area contributed by atoms with Crippen LogP contribution in [0.1, 0.15) is 6.42 Å². The molecule has 1 aromatic carbocycles. The van der Waals surface area contributed by atoms with Crippen molar-refractivity contribution in [1.82, 2.24) is 4.90 Å². The number of nitrogens with one attached hydrogen (secondary N) is 1. The van der Waals surface area contributed by atoms with E-state index < -0.39 is 5.91 Å². The summed E-state index contributed by atoms with van der Waals surface area (Å²) in [5, 5.41) is 3.42. The zero-order valence-corrected chi connectivity index (χ0v) is 15.2. The number of amides is 3. The average Bonchev–Trinajstić information content (AvgIpc) is 3.39. The quantitative estimate of drug-likeness (QED) is 0.637. The standard InChI is InChI=1S/C19H16Cl2N2O3/c20-8-1-4-13(21)14(5-8)22-15(24)7-23-18(25)16-9-2-3-10(12-6-11(9)12)17(16)19(23)26/h1-5,9-12,16-17H,6-7H2,(H,22,24)/t9-,10-,11-,12-,16-,17+/m1/s1. The molecule has 3 amide bonds. The lowest BCUT2D eigenvalue weighted by atomic mass is 9.63. The average molecular weight is 391 g/mol. The zero-order chi connectivity index (χ0) is 18.2. The first kappa shape index (κ1) is 16.3. The number of nitrogens with zero attached hydrogens (tertiary/aromatic N) is 1. The first-order valence-electron chi connectivity index (χ1n) is 8.74. The van der Waals surface area contributed by atoms with E-state index >= 15 is 0 Å². The highest BCUT2D eigenvalue weighted by Gasteiger charge is 2.67. The van der Waals surface area contributed by atoms with E-state index in [-0.39, 0.29) is 42.0 Å². The zero-order valence-electron chi connectivity index (χ0n) is 13.7. The molecule has 26 heavy (non-hydrogen) atoms. The number of anilines is 1. The van der Waals surface area contributed by atoms with Gasteiger partial charge >= 0.3 is 0 Å². The predicted molar refractivity (Wildman–Crippen MR) is 96.5 cm³/mol. The molecule has 4 aliphatic carbocycles. The Hall–Kier alpha value is -1.85. The summed E-state index contributed by atoms with van der Waals surface area (Å²) in [7, 11) is 0. The fraction of sp³-hybridized carbons (Fsp3) is 0.421. The number of imide groups is 1. The second-order valence-corrected chi connectivity index (χ2v) is 8.43. The second kappa shape index (κ2) is 5.57. The number of carbonyl (C=O) groups is 3. The van der Waals surface area contributed by atoms with Gasteiger partial charge in [-0.25, -0.2) is 0 Å². The molecular formula is C19H16Cl2N2O3. The fourth-order valence-electron chi connectivity index (χ4n) is 5.10. The van der Waals surface area contributed by atoms with Gasteiger partial charge in [0.25, 0.3) is 0 Å². The van der Waals surface area contributed by atoms with Crippen LogP contribution < -0.4 is 5.32 Å². The highest BCUT2D eigenvalue weighted by Crippen LogP contribution is 2.65. The van der Waals surface area contributed by atoms with Gasteiger partial charge in [0.15, 0.2) is 0 Å². The van der Waals surface area contributed by atoms with Crippen LogP contribution in [0, 0.1) is 35.5 Å². The third kappa shape index (κ3) is 2.26. The van der Waals surface area contributed by atoms with E-state index in [1.807, 2.05) is 0 Å². The highest BCUT2D eigenvalue weighted by molar-refractivity contribution is 6.35. The van der Waals surface area contributed by atoms with Crippen molar-refractivity contribution in [2.45, 2.75) is 6.42 Å². The Morgan fingerprint density at radius 1 is 1.08 bits per heavy atom. The van der Waals surface area contributed by atoms with Crippen molar-refractivity contribution in [3.8, 4) is 0 Å². The van der Waals surface area contributed by atoms with Crippen molar-refractivity contribution < 1.29 is 14.4 Å². The number of allylic oxidation sites excluding steroid dienone is 2. The summed E-state index contributed by atoms with van der Waals surface area (Å²) in [6.07, 6.45) is 5.34. The number of carbonyl (C=O) groups excluding carboxylic acids is 3. The number of halogens is 2. The minimum absolute atomic E-state index is 0.155. The molecule has 0 unspecified atom stereocenters. The van der Waals surface area contributed by atoms with E-state index in [4.69, 9.17) is 23.2 Å². The molecule has 0 radical (unpaired) electrons. The van der Waals surface area contributed by atoms with Crippen molar-refractivity contribution in [3.05, 3.63) is 40.4 Å². The van der Waals surface area contributed by atoms with Gasteiger partial charge in [-0.2, -0.15) is 0 Å². The van der Waals surface area contributed by atoms with Gasteiger partial charge in [-0.1, -0.05) is 35.4 Å². The van der Waals surface area contributed by atoms with E-state index in [0.29, 0.717) is 27.6 Å². The SMILES string of the molecule is O=C(CN1C(=O)[C@@H]2[C@@H]3C=C[C@H]([C@H]4C[C@H]34)[C@@H]2C1=O)Nc1cc(Cl)ccc1Cl. The summed E-state index contributed by atoms with van der Waals surface area (Å²) in [6, 6.07) is 4.73. The molecule has 6 rings (SSSR count). The van der Waals surface area contributed by atoms with Gasteiger partial charge in [0.05, 0.1) is 22.5 Å². The maximum absolute atomic E-state index is 12.9. The Kier molecular flexibility index (Phi) is 3.50. The smallest absolute Gasteiger partial charge is 0.244 e. The van der Waals surface area contributed by atoms with Crippen molar-refractivity contribution in [2.75, 3.05) is 11.9 Å². The van der Waals surface area contributed by atoms with Crippen LogP contribution in [-0.2, 0) is 14.4 Å². The Balaban J connectivity index is 1.34. The van der Waals surface area contributed by atoms with E-state index in [9.17, 15) is 14.4 Å². The minimum atomic E-state index is -0.458. The maximum atomic E-state index is 12.9. The van der Waals surface area contributed by atoms with E-state index in [1.165, 1.54) is 6.07 Å². The normalized spacial score (nSPS) is 36.2. The molecule has 3 fully saturated rings.